The maximum atomic E-state index is 15.3. The lowest BCUT2D eigenvalue weighted by atomic mass is 9.97. The van der Waals surface area contributed by atoms with Crippen molar-refractivity contribution < 1.29 is 184 Å². The Bertz CT molecular complexity index is 4090. The van der Waals surface area contributed by atoms with Gasteiger partial charge in [0.1, 0.15) is 110 Å². The van der Waals surface area contributed by atoms with Crippen molar-refractivity contribution in [2.75, 3.05) is 146 Å². The molecule has 9 heterocycles. The van der Waals surface area contributed by atoms with Crippen LogP contribution >= 0.6 is 15.6 Å². The Hall–Kier alpha value is -6.95. The predicted octanol–water partition coefficient (Wildman–Crippen LogP) is -9.07. The third-order valence-corrected chi connectivity index (χ3v) is 24.4. The van der Waals surface area contributed by atoms with Crippen molar-refractivity contribution in [3.63, 3.8) is 0 Å². The zero-order valence-corrected chi connectivity index (χ0v) is 78.8. The van der Waals surface area contributed by atoms with E-state index in [1.807, 2.05) is 4.90 Å². The third kappa shape index (κ3) is 37.4. The smallest absolute Gasteiger partial charge is 0.394 e. The number of aliphatic hydroxyl groups is 12. The number of hydrogen-bond acceptors (Lipinski definition) is 46. The molecule has 4 aromatic heterocycles. The Labute approximate surface area is 788 Å². The average molecular weight is 2010 g/mol. The molecule has 9 rings (SSSR count). The van der Waals surface area contributed by atoms with E-state index < -0.39 is 213 Å². The lowest BCUT2D eigenvalue weighted by Gasteiger charge is -2.42. The minimum absolute atomic E-state index is 0.00251. The molecule has 780 valence electrons. The molecule has 137 heavy (non-hydrogen) atoms. The van der Waals surface area contributed by atoms with Gasteiger partial charge in [0.25, 0.3) is 0 Å². The number of nitrogens with zero attached hydrogens (tertiary/aromatic N) is 14. The number of rotatable bonds is 65. The number of amides is 5. The van der Waals surface area contributed by atoms with Crippen molar-refractivity contribution in [3.8, 4) is 0 Å². The van der Waals surface area contributed by atoms with Gasteiger partial charge in [-0.05, 0) is 32.2 Å². The molecule has 57 nitrogen and oxygen atoms in total. The Morgan fingerprint density at radius 1 is 0.438 bits per heavy atom. The molecule has 5 aliphatic heterocycles. The lowest BCUT2D eigenvalue weighted by molar-refractivity contribution is -0.272. The van der Waals surface area contributed by atoms with E-state index in [9.17, 15) is 99.4 Å². The number of hydrogen-bond donors (Lipinski definition) is 19. The normalized spacial score (nSPS) is 28.1. The van der Waals surface area contributed by atoms with Crippen LogP contribution in [0.4, 0.5) is 0 Å². The average Bonchev–Trinajstić information content (AvgIpc) is 1.53. The first-order valence-corrected chi connectivity index (χ1v) is 48.1. The first-order valence-electron chi connectivity index (χ1n) is 45.2. The molecule has 0 aliphatic carbocycles. The van der Waals surface area contributed by atoms with E-state index in [4.69, 9.17) is 75.2 Å². The first kappa shape index (κ1) is 114. The second-order valence-corrected chi connectivity index (χ2v) is 35.9. The monoisotopic (exact) mass is 2010 g/mol. The van der Waals surface area contributed by atoms with E-state index in [-0.39, 0.29) is 170 Å². The van der Waals surface area contributed by atoms with Gasteiger partial charge in [-0.2, -0.15) is 0 Å². The highest BCUT2D eigenvalue weighted by Crippen LogP contribution is 2.48. The van der Waals surface area contributed by atoms with Gasteiger partial charge in [-0.3, -0.25) is 51.9 Å². The number of unbranched alkanes of at least 4 members (excludes halogenated alkanes) is 4. The molecule has 19 N–H and O–H groups in total. The maximum Gasteiger partial charge on any atom is 0.472 e. The molecule has 0 spiro atoms. The van der Waals surface area contributed by atoms with Crippen LogP contribution in [0.1, 0.15) is 102 Å². The summed E-state index contributed by atoms with van der Waals surface area (Å²) >= 11 is 0. The maximum absolute atomic E-state index is 15.3. The summed E-state index contributed by atoms with van der Waals surface area (Å²) in [4.78, 5) is 87.6. The van der Waals surface area contributed by atoms with Crippen LogP contribution in [0.25, 0.3) is 0 Å². The van der Waals surface area contributed by atoms with Gasteiger partial charge in [0, 0.05) is 105 Å². The molecule has 4 aromatic rings. The van der Waals surface area contributed by atoms with Crippen LogP contribution in [-0.4, -0.2) is 457 Å². The largest absolute Gasteiger partial charge is 0.472 e. The van der Waals surface area contributed by atoms with Crippen LogP contribution in [0.5, 0.6) is 0 Å². The number of aromatic nitrogens is 12. The van der Waals surface area contributed by atoms with E-state index in [1.54, 1.807) is 34.2 Å². The lowest BCUT2D eigenvalue weighted by Crippen LogP contribution is -2.64. The van der Waals surface area contributed by atoms with Gasteiger partial charge in [0.2, 0.25) is 29.5 Å². The van der Waals surface area contributed by atoms with Gasteiger partial charge < -0.3 is 159 Å². The van der Waals surface area contributed by atoms with Crippen molar-refractivity contribution in [3.05, 3.63) is 47.6 Å². The standard InChI is InChI=1S/C78H135N19O38P2/c1-47(102)80-62-70(110)66(106)57(42-98)131-75(62)125-30-26-120-22-16-94-38-51(84-88-94)34-92(35-52-39-95(89-85-52)17-23-121-27-31-126-76-63(81-48(2)103)71(111)67(107)58(43-99)132-76)15-10-8-12-55(74(114)79-14-9-6-7-11-20-129-137(117,118)135-56-13-21-124-61(56)46-130-136(115,116)119-5)93(36-53-40-96(90-86-53)18-24-122-28-32-127-77-64(82-49(3)104)72(112)68(108)59(44-100)133-77)37-54-41-97(91-87-54)19-25-123-29-33-128-78-65(83-50(4)105)73(113)69(109)60(45-101)134-78/h38-41,55-73,75-78,98-101,106-113H,6-37,42-46H2,1-5H3,(H,79,114)(H,80,102)(H,81,103)(H,82,104)(H,83,105)(H,115,116)(H,117,118)/t55-,56?,57+,58+,59+,60+,61+,62+,63+,64+,65+,66-,67-,68-,69-,70+,71+,72+,73+,75+,76+,77+,78+/m0/s1. The summed E-state index contributed by atoms with van der Waals surface area (Å²) in [5.74, 6) is -2.48. The molecule has 5 saturated heterocycles. The Morgan fingerprint density at radius 3 is 1.13 bits per heavy atom. The summed E-state index contributed by atoms with van der Waals surface area (Å²) < 4.78 is 126. The highest BCUT2D eigenvalue weighted by Gasteiger charge is 2.50. The van der Waals surface area contributed by atoms with Crippen molar-refractivity contribution in [2.24, 2.45) is 0 Å². The van der Waals surface area contributed by atoms with Gasteiger partial charge in [-0.15, -0.1) is 20.4 Å². The zero-order chi connectivity index (χ0) is 99.1. The highest BCUT2D eigenvalue weighted by atomic mass is 31.2. The Balaban J connectivity index is 0.898. The molecule has 0 saturated carbocycles. The van der Waals surface area contributed by atoms with Crippen molar-refractivity contribution in [2.45, 2.75) is 272 Å². The van der Waals surface area contributed by atoms with E-state index in [0.717, 1.165) is 7.11 Å². The topological polar surface area (TPSA) is 749 Å². The molecule has 59 heteroatoms. The Morgan fingerprint density at radius 2 is 0.788 bits per heavy atom. The van der Waals surface area contributed by atoms with Gasteiger partial charge in [-0.1, -0.05) is 40.1 Å². The van der Waals surface area contributed by atoms with Crippen molar-refractivity contribution in [1.82, 2.24) is 96.4 Å². The fraction of sp³-hybridized carbons (Fsp3) is 0.833. The number of carbonyl (C=O) groups excluding carboxylic acids is 5. The van der Waals surface area contributed by atoms with E-state index in [0.29, 0.717) is 67.8 Å². The summed E-state index contributed by atoms with van der Waals surface area (Å²) in [5.41, 5.74) is 1.91. The van der Waals surface area contributed by atoms with Crippen LogP contribution in [-0.2, 0) is 165 Å². The number of ether oxygens (including phenoxy) is 13. The van der Waals surface area contributed by atoms with Crippen molar-refractivity contribution in [1.29, 1.82) is 0 Å². The fourth-order valence-corrected chi connectivity index (χ4v) is 16.8. The van der Waals surface area contributed by atoms with E-state index in [1.165, 1.54) is 37.1 Å². The number of carbonyl (C=O) groups is 5. The number of phosphoric acid groups is 2. The Kier molecular flexibility index (Phi) is 48.6. The minimum Gasteiger partial charge on any atom is -0.394 e. The minimum atomic E-state index is -4.65. The molecule has 5 fully saturated rings. The number of phosphoric ester groups is 2. The molecule has 25 atom stereocenters. The predicted molar refractivity (Wildman–Crippen MR) is 459 cm³/mol. The molecule has 0 bridgehead atoms. The summed E-state index contributed by atoms with van der Waals surface area (Å²) in [6.07, 6.45) is -14.0. The number of aliphatic hydroxyl groups excluding tert-OH is 12. The van der Waals surface area contributed by atoms with E-state index >= 15 is 4.79 Å². The van der Waals surface area contributed by atoms with Gasteiger partial charge in [0.15, 0.2) is 25.2 Å². The number of nitrogens with one attached hydrogen (secondary N) is 5. The van der Waals surface area contributed by atoms with Gasteiger partial charge >= 0.3 is 15.6 Å². The summed E-state index contributed by atoms with van der Waals surface area (Å²) in [6.45, 7) is 3.61. The molecule has 0 aromatic carbocycles. The fourth-order valence-electron chi connectivity index (χ4n) is 15.4. The van der Waals surface area contributed by atoms with Crippen LogP contribution in [0.3, 0.4) is 0 Å². The highest BCUT2D eigenvalue weighted by molar-refractivity contribution is 7.47. The molecular formula is C78H135N19O38P2. The molecule has 0 radical (unpaired) electrons. The molecule has 5 amide bonds. The van der Waals surface area contributed by atoms with Crippen LogP contribution in [0, 0.1) is 0 Å². The summed E-state index contributed by atoms with van der Waals surface area (Å²) in [5, 5.41) is 173. The van der Waals surface area contributed by atoms with E-state index in [2.05, 4.69) is 77.3 Å². The molecule has 3 unspecified atom stereocenters. The molecule has 5 aliphatic rings. The van der Waals surface area contributed by atoms with Crippen LogP contribution in [0.15, 0.2) is 24.8 Å². The summed E-state index contributed by atoms with van der Waals surface area (Å²) in [7, 11) is -8.07. The first-order chi connectivity index (χ1) is 65.7. The summed E-state index contributed by atoms with van der Waals surface area (Å²) in [6, 6.07) is -5.59. The second kappa shape index (κ2) is 58.6. The van der Waals surface area contributed by atoms with Crippen LogP contribution < -0.4 is 26.6 Å². The van der Waals surface area contributed by atoms with Crippen molar-refractivity contribution >= 4 is 45.2 Å². The SMILES string of the molecule is COP(=O)(O)OC[C@H]1OCCC1OP(=O)(O)OCCCCCCNC(=O)[C@H](CCCCN(Cc1cn(CCOCCO[C@@H]2O[C@H](CO)[C@H](O)[C@H](O)[C@H]2NC(C)=O)nn1)Cc1cn(CCOCCO[C@@H]2O[C@H](CO)[C@H](O)[C@H](O)[C@H]2NC(C)=O)nn1)N(Cc1cn(CCOCCO[C@@H]2O[C@H](CO)[C@H](O)[C@H](O)[C@H]2NC(C)=O)nn1)Cc1cn(CCOCCO[C@@H]2O[C@H](CO)[C@H](O)[C@H](O)[C@H]2NC(C)=O)nn1. The zero-order valence-electron chi connectivity index (χ0n) is 77.0. The van der Waals surface area contributed by atoms with Gasteiger partial charge in [0.05, 0.1) is 174 Å². The second-order valence-electron chi connectivity index (χ2n) is 33.0. The molecular weight excluding hydrogens is 1870 g/mol. The van der Waals surface area contributed by atoms with Gasteiger partial charge in [-0.25, -0.2) is 27.9 Å². The van der Waals surface area contributed by atoms with Crippen LogP contribution in [0.2, 0.25) is 0 Å². The quantitative estimate of drug-likeness (QED) is 0.0144. The third-order valence-electron chi connectivity index (χ3n) is 22.4.